The molecule has 0 radical (unpaired) electrons. The van der Waals surface area contributed by atoms with Crippen molar-refractivity contribution in [3.63, 3.8) is 0 Å². The van der Waals surface area contributed by atoms with Crippen molar-refractivity contribution < 1.29 is 14.3 Å². The quantitative estimate of drug-likeness (QED) is 0.200. The molecular formula is C29H57NO3. The summed E-state index contributed by atoms with van der Waals surface area (Å²) in [5.74, 6) is 0. The lowest BCUT2D eigenvalue weighted by molar-refractivity contribution is -0.0757. The van der Waals surface area contributed by atoms with Crippen molar-refractivity contribution in [1.82, 2.24) is 4.90 Å². The van der Waals surface area contributed by atoms with Crippen molar-refractivity contribution in [1.29, 1.82) is 0 Å². The topological polar surface area (TPSA) is 38.8 Å². The Kier molecular flexibility index (Phi) is 14.7. The van der Waals surface area contributed by atoms with Crippen LogP contribution < -0.4 is 0 Å². The molecule has 4 nitrogen and oxygen atoms in total. The minimum Gasteiger partial charge on any atom is -0.444 e. The fourth-order valence-corrected chi connectivity index (χ4v) is 5.13. The average molecular weight is 468 g/mol. The Morgan fingerprint density at radius 1 is 0.788 bits per heavy atom. The third-order valence-electron chi connectivity index (χ3n) is 6.87. The van der Waals surface area contributed by atoms with Gasteiger partial charge in [-0.25, -0.2) is 4.79 Å². The van der Waals surface area contributed by atoms with Gasteiger partial charge in [0.2, 0.25) is 0 Å². The Hall–Kier alpha value is -0.770. The molecule has 33 heavy (non-hydrogen) atoms. The second-order valence-electron chi connectivity index (χ2n) is 11.8. The molecule has 1 saturated heterocycles. The van der Waals surface area contributed by atoms with Gasteiger partial charge in [0.05, 0.1) is 12.1 Å². The summed E-state index contributed by atoms with van der Waals surface area (Å²) in [5.41, 5.74) is -1.10. The number of carbonyl (C=O) groups excluding carboxylic acids is 1. The molecule has 2 atom stereocenters. The molecule has 0 N–H and O–H groups in total. The molecule has 1 aliphatic rings. The second-order valence-corrected chi connectivity index (χ2v) is 11.8. The van der Waals surface area contributed by atoms with Crippen molar-refractivity contribution in [3.8, 4) is 0 Å². The van der Waals surface area contributed by atoms with Crippen LogP contribution in [-0.2, 0) is 9.47 Å². The number of hydrogen-bond acceptors (Lipinski definition) is 3. The molecule has 2 unspecified atom stereocenters. The van der Waals surface area contributed by atoms with Gasteiger partial charge in [-0.2, -0.15) is 0 Å². The van der Waals surface area contributed by atoms with Gasteiger partial charge in [-0.3, -0.25) is 4.90 Å². The highest BCUT2D eigenvalue weighted by Crippen LogP contribution is 2.36. The number of unbranched alkanes of at least 4 members (excludes halogenated alkanes) is 15. The Balaban J connectivity index is 2.09. The molecule has 1 rings (SSSR count). The lowest BCUT2D eigenvalue weighted by Crippen LogP contribution is -2.50. The van der Waals surface area contributed by atoms with Crippen LogP contribution in [0.4, 0.5) is 4.79 Å². The molecule has 196 valence electrons. The fourth-order valence-electron chi connectivity index (χ4n) is 5.13. The van der Waals surface area contributed by atoms with Crippen molar-refractivity contribution in [2.45, 2.75) is 181 Å². The minimum absolute atomic E-state index is 0.0452. The summed E-state index contributed by atoms with van der Waals surface area (Å²) in [4.78, 5) is 14.7. The summed E-state index contributed by atoms with van der Waals surface area (Å²) < 4.78 is 11.8. The van der Waals surface area contributed by atoms with E-state index >= 15 is 0 Å². The van der Waals surface area contributed by atoms with Gasteiger partial charge in [0, 0.05) is 0 Å². The number of nitrogens with zero attached hydrogens (tertiary/aromatic N) is 1. The summed E-state index contributed by atoms with van der Waals surface area (Å²) >= 11 is 0. The third-order valence-corrected chi connectivity index (χ3v) is 6.87. The van der Waals surface area contributed by atoms with Crippen LogP contribution in [0.25, 0.3) is 0 Å². The molecule has 0 aliphatic carbocycles. The first-order chi connectivity index (χ1) is 15.6. The molecule has 0 bridgehead atoms. The molecule has 0 aromatic carbocycles. The van der Waals surface area contributed by atoms with Crippen LogP contribution in [0.1, 0.15) is 158 Å². The maximum atomic E-state index is 12.8. The van der Waals surface area contributed by atoms with Gasteiger partial charge in [-0.1, -0.05) is 110 Å². The first-order valence-corrected chi connectivity index (χ1v) is 14.3. The zero-order valence-corrected chi connectivity index (χ0v) is 23.3. The van der Waals surface area contributed by atoms with E-state index in [-0.39, 0.29) is 18.2 Å². The van der Waals surface area contributed by atoms with E-state index in [4.69, 9.17) is 9.47 Å². The number of hydrogen-bond donors (Lipinski definition) is 0. The molecule has 0 aromatic heterocycles. The Bertz CT molecular complexity index is 511. The predicted molar refractivity (Wildman–Crippen MR) is 141 cm³/mol. The molecule has 1 heterocycles. The predicted octanol–water partition coefficient (Wildman–Crippen LogP) is 9.40. The van der Waals surface area contributed by atoms with Crippen molar-refractivity contribution in [2.24, 2.45) is 0 Å². The number of rotatable bonds is 17. The Morgan fingerprint density at radius 3 is 1.58 bits per heavy atom. The molecule has 1 aliphatic heterocycles. The largest absolute Gasteiger partial charge is 0.444 e. The van der Waals surface area contributed by atoms with Crippen LogP contribution >= 0.6 is 0 Å². The van der Waals surface area contributed by atoms with E-state index in [0.29, 0.717) is 0 Å². The number of amides is 1. The van der Waals surface area contributed by atoms with Gasteiger partial charge in [0.25, 0.3) is 0 Å². The van der Waals surface area contributed by atoms with Crippen LogP contribution in [0.15, 0.2) is 0 Å². The van der Waals surface area contributed by atoms with Gasteiger partial charge < -0.3 is 9.47 Å². The molecule has 0 spiro atoms. The van der Waals surface area contributed by atoms with E-state index in [9.17, 15) is 4.79 Å². The summed E-state index contributed by atoms with van der Waals surface area (Å²) in [7, 11) is 0. The number of ether oxygens (including phenoxy) is 2. The summed E-state index contributed by atoms with van der Waals surface area (Å²) in [6, 6.07) is 0.0986. The highest BCUT2D eigenvalue weighted by Gasteiger charge is 2.49. The third kappa shape index (κ3) is 13.0. The smallest absolute Gasteiger partial charge is 0.412 e. The number of carbonyl (C=O) groups is 1. The van der Waals surface area contributed by atoms with E-state index in [1.165, 1.54) is 96.3 Å². The van der Waals surface area contributed by atoms with Crippen LogP contribution in [0.2, 0.25) is 0 Å². The lowest BCUT2D eigenvalue weighted by Gasteiger charge is -2.35. The van der Waals surface area contributed by atoms with Gasteiger partial charge in [-0.15, -0.1) is 0 Å². The van der Waals surface area contributed by atoms with Gasteiger partial charge in [0.15, 0.2) is 0 Å². The fraction of sp³-hybridized carbons (Fsp3) is 0.966. The van der Waals surface area contributed by atoms with E-state index in [2.05, 4.69) is 13.8 Å². The average Bonchev–Trinajstić information content (AvgIpc) is 2.94. The van der Waals surface area contributed by atoms with E-state index in [0.717, 1.165) is 12.8 Å². The van der Waals surface area contributed by atoms with Gasteiger partial charge in [-0.05, 0) is 48.0 Å². The van der Waals surface area contributed by atoms with E-state index in [1.807, 2.05) is 39.5 Å². The highest BCUT2D eigenvalue weighted by molar-refractivity contribution is 5.69. The summed E-state index contributed by atoms with van der Waals surface area (Å²) in [6.07, 6.45) is 22.8. The van der Waals surface area contributed by atoms with Crippen LogP contribution in [0.5, 0.6) is 0 Å². The summed E-state index contributed by atoms with van der Waals surface area (Å²) in [6.45, 7) is 14.1. The van der Waals surface area contributed by atoms with Gasteiger partial charge >= 0.3 is 6.09 Å². The zero-order valence-electron chi connectivity index (χ0n) is 23.3. The zero-order chi connectivity index (χ0) is 24.7. The Labute approximate surface area is 206 Å². The van der Waals surface area contributed by atoms with E-state index in [1.54, 1.807) is 0 Å². The minimum atomic E-state index is -0.610. The van der Waals surface area contributed by atoms with E-state index < -0.39 is 11.3 Å². The van der Waals surface area contributed by atoms with Crippen molar-refractivity contribution in [2.75, 3.05) is 0 Å². The van der Waals surface area contributed by atoms with Crippen LogP contribution in [-0.4, -0.2) is 34.5 Å². The molecule has 1 amide bonds. The molecular weight excluding hydrogens is 410 g/mol. The monoisotopic (exact) mass is 467 g/mol. The van der Waals surface area contributed by atoms with Gasteiger partial charge in [0.1, 0.15) is 11.3 Å². The molecule has 1 fully saturated rings. The SMILES string of the molecule is CCCCCCCCCCCCCCCCCCC1C(C)OC(C)(C)N1C(=O)OC(C)(C)C. The van der Waals surface area contributed by atoms with Crippen molar-refractivity contribution >= 4 is 6.09 Å². The summed E-state index contributed by atoms with van der Waals surface area (Å²) in [5, 5.41) is 0. The highest BCUT2D eigenvalue weighted by atomic mass is 16.6. The van der Waals surface area contributed by atoms with Crippen LogP contribution in [0.3, 0.4) is 0 Å². The Morgan fingerprint density at radius 2 is 1.18 bits per heavy atom. The molecule has 0 aromatic rings. The van der Waals surface area contributed by atoms with Crippen LogP contribution in [0, 0.1) is 0 Å². The normalized spacial score (nSPS) is 20.4. The standard InChI is InChI=1S/C29H57NO3/c1-8-9-10-11-12-13-14-15-16-17-18-19-20-21-22-23-24-26-25(2)32-29(6,7)30(26)27(31)33-28(3,4)5/h25-26H,8-24H2,1-7H3. The van der Waals surface area contributed by atoms with Crippen molar-refractivity contribution in [3.05, 3.63) is 0 Å². The lowest BCUT2D eigenvalue weighted by atomic mass is 10.0. The first-order valence-electron chi connectivity index (χ1n) is 14.3. The first kappa shape index (κ1) is 30.3. The molecule has 0 saturated carbocycles. The maximum Gasteiger partial charge on any atom is 0.412 e. The maximum absolute atomic E-state index is 12.8. The second kappa shape index (κ2) is 16.0. The molecule has 4 heteroatoms.